The summed E-state index contributed by atoms with van der Waals surface area (Å²) in [6.45, 7) is 2.45. The minimum atomic E-state index is -0.0147. The number of hydrogen-bond acceptors (Lipinski definition) is 2. The predicted molar refractivity (Wildman–Crippen MR) is 78.9 cm³/mol. The van der Waals surface area contributed by atoms with Crippen molar-refractivity contribution in [3.05, 3.63) is 23.2 Å². The van der Waals surface area contributed by atoms with E-state index in [4.69, 9.17) is 16.3 Å². The van der Waals surface area contributed by atoms with Crippen LogP contribution >= 0.6 is 27.5 Å². The summed E-state index contributed by atoms with van der Waals surface area (Å²) >= 11 is 9.25. The van der Waals surface area contributed by atoms with Crippen LogP contribution in [0.3, 0.4) is 0 Å². The predicted octanol–water partition coefficient (Wildman–Crippen LogP) is 4.24. The molecule has 0 radical (unpaired) electrons. The molecule has 1 aromatic carbocycles. The van der Waals surface area contributed by atoms with Gasteiger partial charge < -0.3 is 10.1 Å². The van der Waals surface area contributed by atoms with Crippen LogP contribution in [0.5, 0.6) is 5.75 Å². The fourth-order valence-corrected chi connectivity index (χ4v) is 2.04. The number of unbranched alkanes of at least 4 members (excludes halogenated alkanes) is 1. The molecule has 0 aromatic heterocycles. The van der Waals surface area contributed by atoms with E-state index in [9.17, 15) is 4.79 Å². The molecular formula is C13H17BrClNO2. The van der Waals surface area contributed by atoms with Gasteiger partial charge in [0.05, 0.1) is 12.3 Å². The quantitative estimate of drug-likeness (QED) is 0.598. The highest BCUT2D eigenvalue weighted by Gasteiger charge is 2.08. The smallest absolute Gasteiger partial charge is 0.224 e. The van der Waals surface area contributed by atoms with Crippen molar-refractivity contribution in [1.29, 1.82) is 0 Å². The molecule has 0 unspecified atom stereocenters. The number of rotatable bonds is 7. The van der Waals surface area contributed by atoms with Crippen LogP contribution < -0.4 is 10.1 Å². The van der Waals surface area contributed by atoms with Crippen molar-refractivity contribution in [2.45, 2.75) is 26.2 Å². The number of benzene rings is 1. The second kappa shape index (κ2) is 8.38. The second-order valence-electron chi connectivity index (χ2n) is 3.77. The lowest BCUT2D eigenvalue weighted by Crippen LogP contribution is -2.12. The highest BCUT2D eigenvalue weighted by Crippen LogP contribution is 2.28. The number of carbonyl (C=O) groups excluding carboxylic acids is 1. The zero-order chi connectivity index (χ0) is 13.4. The maximum Gasteiger partial charge on any atom is 0.224 e. The summed E-state index contributed by atoms with van der Waals surface area (Å²) < 4.78 is 5.44. The summed E-state index contributed by atoms with van der Waals surface area (Å²) in [7, 11) is 0. The lowest BCUT2D eigenvalue weighted by atomic mass is 10.2. The fraction of sp³-hybridized carbons (Fsp3) is 0.462. The van der Waals surface area contributed by atoms with Crippen LogP contribution in [0.2, 0.25) is 5.02 Å². The molecule has 3 nitrogen and oxygen atoms in total. The normalized spacial score (nSPS) is 10.2. The molecule has 0 saturated heterocycles. The maximum absolute atomic E-state index is 11.7. The van der Waals surface area contributed by atoms with Gasteiger partial charge in [0, 0.05) is 16.8 Å². The molecule has 0 saturated carbocycles. The Morgan fingerprint density at radius 2 is 2.22 bits per heavy atom. The number of halogens is 2. The first-order valence-corrected chi connectivity index (χ1v) is 7.45. The van der Waals surface area contributed by atoms with E-state index in [0.717, 1.165) is 18.2 Å². The maximum atomic E-state index is 11.7. The molecule has 0 spiro atoms. The Morgan fingerprint density at radius 3 is 2.89 bits per heavy atom. The van der Waals surface area contributed by atoms with Crippen LogP contribution in [0, 0.1) is 0 Å². The number of amides is 1. The lowest BCUT2D eigenvalue weighted by Gasteiger charge is -2.11. The van der Waals surface area contributed by atoms with E-state index >= 15 is 0 Å². The molecule has 1 amide bonds. The molecule has 0 aliphatic carbocycles. The molecule has 0 aliphatic rings. The fourth-order valence-electron chi connectivity index (χ4n) is 1.47. The average molecular weight is 335 g/mol. The first-order chi connectivity index (χ1) is 8.67. The van der Waals surface area contributed by atoms with Gasteiger partial charge in [0.1, 0.15) is 5.75 Å². The van der Waals surface area contributed by atoms with Crippen LogP contribution in [0.1, 0.15) is 26.2 Å². The summed E-state index contributed by atoms with van der Waals surface area (Å²) in [6, 6.07) is 5.21. The molecule has 0 heterocycles. The first-order valence-electron chi connectivity index (χ1n) is 5.95. The van der Waals surface area contributed by atoms with E-state index in [0.29, 0.717) is 29.5 Å². The highest BCUT2D eigenvalue weighted by molar-refractivity contribution is 9.09. The largest absolute Gasteiger partial charge is 0.492 e. The van der Waals surface area contributed by atoms with Crippen molar-refractivity contribution in [3.63, 3.8) is 0 Å². The van der Waals surface area contributed by atoms with Crippen molar-refractivity contribution in [1.82, 2.24) is 0 Å². The van der Waals surface area contributed by atoms with E-state index < -0.39 is 0 Å². The van der Waals surface area contributed by atoms with Gasteiger partial charge in [-0.1, -0.05) is 27.5 Å². The SMILES string of the molecule is CCOc1ccc(Cl)cc1NC(=O)CCCCBr. The van der Waals surface area contributed by atoms with Gasteiger partial charge in [-0.05, 0) is 38.0 Å². The Kier molecular flexibility index (Phi) is 7.13. The number of ether oxygens (including phenoxy) is 1. The molecular weight excluding hydrogens is 318 g/mol. The number of nitrogens with one attached hydrogen (secondary N) is 1. The summed E-state index contributed by atoms with van der Waals surface area (Å²) in [6.07, 6.45) is 2.35. The van der Waals surface area contributed by atoms with Gasteiger partial charge >= 0.3 is 0 Å². The standard InChI is InChI=1S/C13H17BrClNO2/c1-2-18-12-7-6-10(15)9-11(12)16-13(17)5-3-4-8-14/h6-7,9H,2-5,8H2,1H3,(H,16,17). The molecule has 0 fully saturated rings. The van der Waals surface area contributed by atoms with E-state index in [2.05, 4.69) is 21.2 Å². The Hall–Kier alpha value is -0.740. The van der Waals surface area contributed by atoms with Gasteiger partial charge in [0.25, 0.3) is 0 Å². The van der Waals surface area contributed by atoms with Gasteiger partial charge in [-0.15, -0.1) is 0 Å². The highest BCUT2D eigenvalue weighted by atomic mass is 79.9. The van der Waals surface area contributed by atoms with E-state index in [1.165, 1.54) is 0 Å². The zero-order valence-electron chi connectivity index (χ0n) is 10.3. The van der Waals surface area contributed by atoms with Gasteiger partial charge in [-0.3, -0.25) is 4.79 Å². The van der Waals surface area contributed by atoms with E-state index in [1.807, 2.05) is 6.92 Å². The number of anilines is 1. The minimum absolute atomic E-state index is 0.0147. The Labute approximate surface area is 121 Å². The van der Waals surface area contributed by atoms with Gasteiger partial charge in [0.15, 0.2) is 0 Å². The van der Waals surface area contributed by atoms with Crippen LogP contribution in [-0.2, 0) is 4.79 Å². The van der Waals surface area contributed by atoms with Gasteiger partial charge in [-0.2, -0.15) is 0 Å². The lowest BCUT2D eigenvalue weighted by molar-refractivity contribution is -0.116. The summed E-state index contributed by atoms with van der Waals surface area (Å²) in [5.41, 5.74) is 0.633. The van der Waals surface area contributed by atoms with Crippen molar-refractivity contribution >= 4 is 39.1 Å². The molecule has 0 bridgehead atoms. The summed E-state index contributed by atoms with van der Waals surface area (Å²) in [5, 5.41) is 4.33. The number of hydrogen-bond donors (Lipinski definition) is 1. The Bertz CT molecular complexity index is 399. The first kappa shape index (κ1) is 15.3. The van der Waals surface area contributed by atoms with E-state index in [1.54, 1.807) is 18.2 Å². The molecule has 1 N–H and O–H groups in total. The van der Waals surface area contributed by atoms with Crippen LogP contribution in [-0.4, -0.2) is 17.8 Å². The van der Waals surface area contributed by atoms with Crippen LogP contribution in [0.4, 0.5) is 5.69 Å². The molecule has 100 valence electrons. The molecule has 1 rings (SSSR count). The van der Waals surface area contributed by atoms with Crippen molar-refractivity contribution in [2.24, 2.45) is 0 Å². The van der Waals surface area contributed by atoms with Crippen LogP contribution in [0.25, 0.3) is 0 Å². The Balaban J connectivity index is 2.63. The molecule has 0 aliphatic heterocycles. The second-order valence-corrected chi connectivity index (χ2v) is 5.00. The topological polar surface area (TPSA) is 38.3 Å². The molecule has 1 aromatic rings. The minimum Gasteiger partial charge on any atom is -0.492 e. The van der Waals surface area contributed by atoms with Crippen molar-refractivity contribution in [2.75, 3.05) is 17.3 Å². The number of alkyl halides is 1. The van der Waals surface area contributed by atoms with Gasteiger partial charge in [0.2, 0.25) is 5.91 Å². The monoisotopic (exact) mass is 333 g/mol. The van der Waals surface area contributed by atoms with Crippen molar-refractivity contribution in [3.8, 4) is 5.75 Å². The number of carbonyl (C=O) groups is 1. The third kappa shape index (κ3) is 5.27. The third-order valence-electron chi connectivity index (χ3n) is 2.30. The van der Waals surface area contributed by atoms with Gasteiger partial charge in [-0.25, -0.2) is 0 Å². The van der Waals surface area contributed by atoms with Crippen LogP contribution in [0.15, 0.2) is 18.2 Å². The Morgan fingerprint density at radius 1 is 1.44 bits per heavy atom. The summed E-state index contributed by atoms with van der Waals surface area (Å²) in [5.74, 6) is 0.634. The molecule has 0 atom stereocenters. The molecule has 18 heavy (non-hydrogen) atoms. The zero-order valence-corrected chi connectivity index (χ0v) is 12.7. The van der Waals surface area contributed by atoms with E-state index in [-0.39, 0.29) is 5.91 Å². The third-order valence-corrected chi connectivity index (χ3v) is 3.10. The average Bonchev–Trinajstić information content (AvgIpc) is 2.33. The summed E-state index contributed by atoms with van der Waals surface area (Å²) in [4.78, 5) is 11.7. The molecule has 5 heteroatoms. The van der Waals surface area contributed by atoms with Crippen molar-refractivity contribution < 1.29 is 9.53 Å².